The fourth-order valence-corrected chi connectivity index (χ4v) is 4.67. The molecular weight excluding hydrogens is 468 g/mol. The van der Waals surface area contributed by atoms with Gasteiger partial charge in [-0.1, -0.05) is 67.9 Å². The number of aryl methyl sites for hydroxylation is 1. The molecular formula is C25H20N4O5S. The third-order valence-corrected chi connectivity index (χ3v) is 6.28. The Labute approximate surface area is 204 Å². The van der Waals surface area contributed by atoms with E-state index in [2.05, 4.69) is 10.3 Å². The van der Waals surface area contributed by atoms with E-state index in [-0.39, 0.29) is 5.56 Å². The molecule has 0 unspecified atom stereocenters. The van der Waals surface area contributed by atoms with E-state index >= 15 is 0 Å². The van der Waals surface area contributed by atoms with Crippen molar-refractivity contribution in [3.8, 4) is 22.4 Å². The molecule has 35 heavy (non-hydrogen) atoms. The van der Waals surface area contributed by atoms with E-state index in [0.717, 1.165) is 58.3 Å². The highest BCUT2D eigenvalue weighted by atomic mass is 32.1. The van der Waals surface area contributed by atoms with Gasteiger partial charge >= 0.3 is 0 Å². The van der Waals surface area contributed by atoms with Crippen molar-refractivity contribution < 1.29 is 14.6 Å². The molecule has 0 aliphatic heterocycles. The van der Waals surface area contributed by atoms with Crippen LogP contribution in [0.15, 0.2) is 72.8 Å². The highest BCUT2D eigenvalue weighted by molar-refractivity contribution is 7.16. The predicted octanol–water partition coefficient (Wildman–Crippen LogP) is 6.50. The molecule has 1 N–H and O–H groups in total. The molecule has 1 heterocycles. The van der Waals surface area contributed by atoms with Gasteiger partial charge in [-0.15, -0.1) is 11.3 Å². The molecule has 0 radical (unpaired) electrons. The van der Waals surface area contributed by atoms with E-state index in [1.807, 2.05) is 61.5 Å². The topological polar surface area (TPSA) is 128 Å². The summed E-state index contributed by atoms with van der Waals surface area (Å²) in [7, 11) is 0. The molecule has 0 aliphatic rings. The molecule has 0 fully saturated rings. The van der Waals surface area contributed by atoms with Crippen LogP contribution >= 0.6 is 11.3 Å². The average Bonchev–Trinajstić information content (AvgIpc) is 3.26. The highest BCUT2D eigenvalue weighted by Gasteiger charge is 2.21. The molecule has 0 atom stereocenters. The Morgan fingerprint density at radius 2 is 1.46 bits per heavy atom. The molecule has 10 heteroatoms. The van der Waals surface area contributed by atoms with Gasteiger partial charge in [-0.3, -0.25) is 30.3 Å². The van der Waals surface area contributed by atoms with E-state index in [1.165, 1.54) is 11.3 Å². The van der Waals surface area contributed by atoms with Crippen LogP contribution in [0.1, 0.15) is 28.6 Å². The van der Waals surface area contributed by atoms with Gasteiger partial charge in [-0.25, -0.2) is 4.98 Å². The van der Waals surface area contributed by atoms with Gasteiger partial charge in [0.25, 0.3) is 17.3 Å². The first-order valence-electron chi connectivity index (χ1n) is 10.8. The second kappa shape index (κ2) is 10.2. The summed E-state index contributed by atoms with van der Waals surface area (Å²) in [6.07, 6.45) is 1.63. The first-order valence-corrected chi connectivity index (χ1v) is 11.6. The van der Waals surface area contributed by atoms with Crippen molar-refractivity contribution in [1.82, 2.24) is 4.98 Å². The van der Waals surface area contributed by atoms with Crippen molar-refractivity contribution in [3.05, 3.63) is 103 Å². The minimum Gasteiger partial charge on any atom is -0.298 e. The number of nitrogens with zero attached hydrogens (tertiary/aromatic N) is 3. The van der Waals surface area contributed by atoms with Gasteiger partial charge in [0.2, 0.25) is 0 Å². The minimum atomic E-state index is -0.774. The Morgan fingerprint density at radius 3 is 2.03 bits per heavy atom. The molecule has 9 nitrogen and oxygen atoms in total. The van der Waals surface area contributed by atoms with Gasteiger partial charge in [0.15, 0.2) is 5.13 Å². The first-order chi connectivity index (χ1) is 16.9. The number of hydrogen-bond acceptors (Lipinski definition) is 7. The summed E-state index contributed by atoms with van der Waals surface area (Å²) < 4.78 is 0. The Bertz CT molecular complexity index is 1370. The van der Waals surface area contributed by atoms with Crippen LogP contribution in [-0.2, 0) is 6.42 Å². The van der Waals surface area contributed by atoms with E-state index in [0.29, 0.717) is 5.13 Å². The highest BCUT2D eigenvalue weighted by Crippen LogP contribution is 2.34. The number of carbonyl (C=O) groups excluding carboxylic acids is 1. The van der Waals surface area contributed by atoms with Crippen molar-refractivity contribution >= 4 is 33.8 Å². The van der Waals surface area contributed by atoms with Crippen LogP contribution in [-0.4, -0.2) is 20.7 Å². The predicted molar refractivity (Wildman–Crippen MR) is 135 cm³/mol. The van der Waals surface area contributed by atoms with Crippen molar-refractivity contribution in [2.45, 2.75) is 19.8 Å². The van der Waals surface area contributed by atoms with Crippen LogP contribution in [0, 0.1) is 20.2 Å². The van der Waals surface area contributed by atoms with Crippen molar-refractivity contribution in [3.63, 3.8) is 0 Å². The molecule has 4 aromatic rings. The van der Waals surface area contributed by atoms with Crippen LogP contribution in [0.5, 0.6) is 0 Å². The molecule has 0 saturated heterocycles. The summed E-state index contributed by atoms with van der Waals surface area (Å²) in [6.45, 7) is 2.04. The maximum Gasteiger partial charge on any atom is 0.277 e. The summed E-state index contributed by atoms with van der Waals surface area (Å²) in [4.78, 5) is 39.1. The molecule has 0 saturated carbocycles. The number of anilines is 1. The number of nitrogens with one attached hydrogen (secondary N) is 1. The first kappa shape index (κ1) is 23.7. The zero-order valence-corrected chi connectivity index (χ0v) is 19.5. The zero-order valence-electron chi connectivity index (χ0n) is 18.6. The largest absolute Gasteiger partial charge is 0.298 e. The third-order valence-electron chi connectivity index (χ3n) is 5.25. The number of hydrogen-bond donors (Lipinski definition) is 1. The summed E-state index contributed by atoms with van der Waals surface area (Å²) in [5.41, 5.74) is 2.57. The standard InChI is InChI=1S/C25H20N4O5S/c1-2-6-22-23(18-11-9-17(10-12-18)16-7-4-3-5-8-16)26-25(35-22)27-24(30)19-13-20(28(31)32)15-21(14-19)29(33)34/h3-5,7-15H,2,6H2,1H3,(H,26,27,30). The monoisotopic (exact) mass is 488 g/mol. The van der Waals surface area contributed by atoms with Crippen LogP contribution < -0.4 is 5.32 Å². The van der Waals surface area contributed by atoms with Crippen molar-refractivity contribution in [1.29, 1.82) is 0 Å². The molecule has 0 bridgehead atoms. The Kier molecular flexibility index (Phi) is 6.93. The number of nitro benzene ring substituents is 2. The summed E-state index contributed by atoms with van der Waals surface area (Å²) in [5.74, 6) is -0.709. The molecule has 1 aromatic heterocycles. The molecule has 176 valence electrons. The maximum absolute atomic E-state index is 12.8. The second-order valence-corrected chi connectivity index (χ2v) is 8.77. The fraction of sp³-hybridized carbons (Fsp3) is 0.120. The van der Waals surface area contributed by atoms with E-state index in [9.17, 15) is 25.0 Å². The lowest BCUT2D eigenvalue weighted by molar-refractivity contribution is -0.394. The molecule has 0 aliphatic carbocycles. The van der Waals surface area contributed by atoms with Gasteiger partial charge in [0.1, 0.15) is 0 Å². The lowest BCUT2D eigenvalue weighted by atomic mass is 10.0. The quantitative estimate of drug-likeness (QED) is 0.223. The fourth-order valence-electron chi connectivity index (χ4n) is 3.58. The summed E-state index contributed by atoms with van der Waals surface area (Å²) in [5, 5.41) is 25.2. The SMILES string of the molecule is CCCc1sc(NC(=O)c2cc([N+](=O)[O-])cc([N+](=O)[O-])c2)nc1-c1ccc(-c2ccccc2)cc1. The van der Waals surface area contributed by atoms with Crippen LogP contribution in [0.2, 0.25) is 0 Å². The summed E-state index contributed by atoms with van der Waals surface area (Å²) >= 11 is 1.31. The van der Waals surface area contributed by atoms with E-state index in [4.69, 9.17) is 0 Å². The van der Waals surface area contributed by atoms with Gasteiger partial charge in [-0.05, 0) is 17.5 Å². The van der Waals surface area contributed by atoms with Gasteiger partial charge in [-0.2, -0.15) is 0 Å². The molecule has 3 aromatic carbocycles. The maximum atomic E-state index is 12.8. The number of thiazole rings is 1. The molecule has 0 spiro atoms. The van der Waals surface area contributed by atoms with E-state index in [1.54, 1.807) is 0 Å². The van der Waals surface area contributed by atoms with Gasteiger partial charge in [0.05, 0.1) is 27.2 Å². The second-order valence-electron chi connectivity index (χ2n) is 7.69. The lowest BCUT2D eigenvalue weighted by Crippen LogP contribution is -2.12. The van der Waals surface area contributed by atoms with Crippen LogP contribution in [0.4, 0.5) is 16.5 Å². The number of amides is 1. The Hall–Kier alpha value is -4.44. The van der Waals surface area contributed by atoms with Gasteiger partial charge < -0.3 is 0 Å². The number of benzene rings is 3. The average molecular weight is 489 g/mol. The third kappa shape index (κ3) is 5.39. The molecule has 4 rings (SSSR count). The number of aromatic nitrogens is 1. The Morgan fingerprint density at radius 1 is 0.886 bits per heavy atom. The number of nitro groups is 2. The minimum absolute atomic E-state index is 0.188. The van der Waals surface area contributed by atoms with E-state index < -0.39 is 27.1 Å². The van der Waals surface area contributed by atoms with Crippen LogP contribution in [0.3, 0.4) is 0 Å². The van der Waals surface area contributed by atoms with Crippen molar-refractivity contribution in [2.75, 3.05) is 5.32 Å². The normalized spacial score (nSPS) is 10.7. The smallest absolute Gasteiger partial charge is 0.277 e. The summed E-state index contributed by atoms with van der Waals surface area (Å²) in [6, 6.07) is 20.8. The molecule has 1 amide bonds. The lowest BCUT2D eigenvalue weighted by Gasteiger charge is -2.05. The zero-order chi connectivity index (χ0) is 24.9. The van der Waals surface area contributed by atoms with Crippen molar-refractivity contribution in [2.24, 2.45) is 0 Å². The van der Waals surface area contributed by atoms with Crippen LogP contribution in [0.25, 0.3) is 22.4 Å². The van der Waals surface area contributed by atoms with Gasteiger partial charge in [0, 0.05) is 22.6 Å². The number of carbonyl (C=O) groups is 1. The number of non-ortho nitro benzene ring substituents is 2. The Balaban J connectivity index is 1.62. The number of rotatable bonds is 8.